The molecule has 1 saturated heterocycles. The molecule has 1 fully saturated rings. The van der Waals surface area contributed by atoms with E-state index in [-0.39, 0.29) is 12.3 Å². The van der Waals surface area contributed by atoms with Gasteiger partial charge in [-0.05, 0) is 37.1 Å². The largest absolute Gasteiger partial charge is 0.475 e. The maximum atomic E-state index is 6.15. The van der Waals surface area contributed by atoms with E-state index < -0.39 is 0 Å². The third-order valence-corrected chi connectivity index (χ3v) is 5.01. The first-order valence-corrected chi connectivity index (χ1v) is 9.13. The van der Waals surface area contributed by atoms with Crippen LogP contribution in [-0.2, 0) is 4.74 Å². The fraction of sp³-hybridized carbons (Fsp3) is 0.263. The summed E-state index contributed by atoms with van der Waals surface area (Å²) < 4.78 is 14.0. The highest BCUT2D eigenvalue weighted by Gasteiger charge is 2.28. The van der Waals surface area contributed by atoms with E-state index in [9.17, 15) is 0 Å². The number of hydrogen-bond donors (Lipinski definition) is 0. The van der Waals surface area contributed by atoms with Crippen molar-refractivity contribution in [3.63, 3.8) is 0 Å². The third-order valence-electron chi connectivity index (χ3n) is 4.71. The minimum atomic E-state index is -0.0895. The highest BCUT2D eigenvalue weighted by molar-refractivity contribution is 6.33. The Kier molecular flexibility index (Phi) is 4.10. The molecule has 0 aromatic carbocycles. The zero-order chi connectivity index (χ0) is 18.2. The lowest BCUT2D eigenvalue weighted by atomic mass is 10.2. The van der Waals surface area contributed by atoms with E-state index in [2.05, 4.69) is 19.9 Å². The number of hydrogen-bond acceptors (Lipinski definition) is 6. The van der Waals surface area contributed by atoms with Gasteiger partial charge >= 0.3 is 0 Å². The average Bonchev–Trinajstić information content (AvgIpc) is 3.33. The topological polar surface area (TPSA) is 75.0 Å². The van der Waals surface area contributed by atoms with E-state index >= 15 is 0 Å². The minimum Gasteiger partial charge on any atom is -0.475 e. The van der Waals surface area contributed by atoms with Gasteiger partial charge in [-0.2, -0.15) is 4.98 Å². The van der Waals surface area contributed by atoms with Crippen LogP contribution in [0.25, 0.3) is 22.1 Å². The highest BCUT2D eigenvalue weighted by Crippen LogP contribution is 2.32. The van der Waals surface area contributed by atoms with E-state index in [0.29, 0.717) is 23.3 Å². The van der Waals surface area contributed by atoms with Gasteiger partial charge in [0.05, 0.1) is 11.5 Å². The Balaban J connectivity index is 1.27. The summed E-state index contributed by atoms with van der Waals surface area (Å²) in [7, 11) is 0. The van der Waals surface area contributed by atoms with E-state index in [1.165, 1.54) is 6.33 Å². The van der Waals surface area contributed by atoms with Crippen molar-refractivity contribution in [1.29, 1.82) is 0 Å². The van der Waals surface area contributed by atoms with Crippen LogP contribution in [0.5, 0.6) is 5.88 Å². The number of ether oxygens (including phenoxy) is 2. The molecule has 4 aromatic heterocycles. The molecular weight excluding hydrogens is 366 g/mol. The summed E-state index contributed by atoms with van der Waals surface area (Å²) in [6.45, 7) is 0.441. The first-order valence-electron chi connectivity index (χ1n) is 8.75. The summed E-state index contributed by atoms with van der Waals surface area (Å²) in [5, 5.41) is 2.27. The van der Waals surface area contributed by atoms with Crippen molar-refractivity contribution in [2.75, 3.05) is 6.61 Å². The van der Waals surface area contributed by atoms with Gasteiger partial charge in [0, 0.05) is 23.8 Å². The monoisotopic (exact) mass is 381 g/mol. The molecule has 0 N–H and O–H groups in total. The van der Waals surface area contributed by atoms with Crippen molar-refractivity contribution in [2.24, 2.45) is 0 Å². The van der Waals surface area contributed by atoms with Crippen LogP contribution in [0.3, 0.4) is 0 Å². The van der Waals surface area contributed by atoms with Gasteiger partial charge in [-0.25, -0.2) is 15.0 Å². The van der Waals surface area contributed by atoms with Crippen molar-refractivity contribution in [3.05, 3.63) is 54.2 Å². The normalized spacial score (nSPS) is 19.7. The number of fused-ring (bicyclic) bond motifs is 2. The van der Waals surface area contributed by atoms with Crippen LogP contribution >= 0.6 is 11.6 Å². The van der Waals surface area contributed by atoms with Gasteiger partial charge in [0.2, 0.25) is 5.88 Å². The molecule has 2 atom stereocenters. The van der Waals surface area contributed by atoms with E-state index in [1.807, 2.05) is 41.1 Å². The van der Waals surface area contributed by atoms with Crippen LogP contribution in [0.4, 0.5) is 0 Å². The van der Waals surface area contributed by atoms with Crippen molar-refractivity contribution in [3.8, 4) is 5.88 Å². The van der Waals surface area contributed by atoms with Gasteiger partial charge < -0.3 is 14.0 Å². The van der Waals surface area contributed by atoms with Crippen molar-refractivity contribution in [2.45, 2.75) is 25.2 Å². The molecule has 0 amide bonds. The third kappa shape index (κ3) is 3.09. The van der Waals surface area contributed by atoms with Crippen molar-refractivity contribution in [1.82, 2.24) is 24.5 Å². The molecule has 136 valence electrons. The zero-order valence-electron chi connectivity index (χ0n) is 14.3. The summed E-state index contributed by atoms with van der Waals surface area (Å²) in [5.41, 5.74) is 1.46. The highest BCUT2D eigenvalue weighted by atomic mass is 35.5. The SMILES string of the molecule is Clc1ncnc2c1ccn2[C@H]1CC[C@@H](COc2ccc3cccnc3n2)O1. The molecule has 1 aliphatic heterocycles. The number of halogens is 1. The first-order chi connectivity index (χ1) is 13.3. The van der Waals surface area contributed by atoms with Gasteiger partial charge in [0.25, 0.3) is 0 Å². The molecule has 0 radical (unpaired) electrons. The fourth-order valence-corrected chi connectivity index (χ4v) is 3.57. The summed E-state index contributed by atoms with van der Waals surface area (Å²) in [5.74, 6) is 0.555. The van der Waals surface area contributed by atoms with Gasteiger partial charge in [0.1, 0.15) is 30.0 Å². The standard InChI is InChI=1S/C19H16ClN5O2/c20-17-14-7-9-25(19(14)23-11-22-17)16-6-4-13(27-16)10-26-15-5-3-12-2-1-8-21-18(12)24-15/h1-3,5,7-9,11,13,16H,4,6,10H2/t13-,16+/m0/s1. The van der Waals surface area contributed by atoms with Crippen LogP contribution in [0.15, 0.2) is 49.1 Å². The number of rotatable bonds is 4. The average molecular weight is 382 g/mol. The first kappa shape index (κ1) is 16.4. The lowest BCUT2D eigenvalue weighted by Gasteiger charge is -2.16. The Bertz CT molecular complexity index is 1120. The number of nitrogens with zero attached hydrogens (tertiary/aromatic N) is 5. The predicted molar refractivity (Wildman–Crippen MR) is 101 cm³/mol. The Labute approximate surface area is 159 Å². The summed E-state index contributed by atoms with van der Waals surface area (Å²) >= 11 is 6.13. The predicted octanol–water partition coefficient (Wildman–Crippen LogP) is 3.78. The van der Waals surface area contributed by atoms with Crippen LogP contribution in [0.1, 0.15) is 19.1 Å². The molecule has 27 heavy (non-hydrogen) atoms. The molecule has 0 saturated carbocycles. The Morgan fingerprint density at radius 3 is 3.07 bits per heavy atom. The smallest absolute Gasteiger partial charge is 0.215 e. The van der Waals surface area contributed by atoms with Gasteiger partial charge in [-0.15, -0.1) is 0 Å². The van der Waals surface area contributed by atoms with Gasteiger partial charge in [-0.3, -0.25) is 0 Å². The summed E-state index contributed by atoms with van der Waals surface area (Å²) in [6.07, 6.45) is 6.81. The second kappa shape index (κ2) is 6.75. The summed E-state index contributed by atoms with van der Waals surface area (Å²) in [6, 6.07) is 9.59. The Hall–Kier alpha value is -2.77. The molecule has 0 aliphatic carbocycles. The summed E-state index contributed by atoms with van der Waals surface area (Å²) in [4.78, 5) is 17.0. The second-order valence-corrected chi connectivity index (χ2v) is 6.78. The fourth-order valence-electron chi connectivity index (χ4n) is 3.38. The Morgan fingerprint density at radius 2 is 2.11 bits per heavy atom. The van der Waals surface area contributed by atoms with E-state index in [0.717, 1.165) is 29.3 Å². The van der Waals surface area contributed by atoms with Crippen molar-refractivity contribution < 1.29 is 9.47 Å². The minimum absolute atomic E-state index is 0.00834. The van der Waals surface area contributed by atoms with Crippen LogP contribution < -0.4 is 4.74 Å². The quantitative estimate of drug-likeness (QED) is 0.501. The second-order valence-electron chi connectivity index (χ2n) is 6.43. The molecule has 5 heterocycles. The lowest BCUT2D eigenvalue weighted by molar-refractivity contribution is -0.0162. The molecule has 0 bridgehead atoms. The number of pyridine rings is 2. The van der Waals surface area contributed by atoms with Gasteiger partial charge in [0.15, 0.2) is 5.65 Å². The maximum Gasteiger partial charge on any atom is 0.215 e. The van der Waals surface area contributed by atoms with Crippen LogP contribution in [0, 0.1) is 0 Å². The molecule has 0 spiro atoms. The molecular formula is C19H16ClN5O2. The molecule has 1 aliphatic rings. The molecule has 8 heteroatoms. The maximum absolute atomic E-state index is 6.15. The Morgan fingerprint density at radius 1 is 1.15 bits per heavy atom. The van der Waals surface area contributed by atoms with E-state index in [1.54, 1.807) is 6.20 Å². The zero-order valence-corrected chi connectivity index (χ0v) is 15.1. The van der Waals surface area contributed by atoms with E-state index in [4.69, 9.17) is 21.1 Å². The lowest BCUT2D eigenvalue weighted by Crippen LogP contribution is -2.18. The van der Waals surface area contributed by atoms with Gasteiger partial charge in [-0.1, -0.05) is 11.6 Å². The molecule has 5 rings (SSSR count). The molecule has 7 nitrogen and oxygen atoms in total. The molecule has 0 unspecified atom stereocenters. The molecule has 4 aromatic rings. The van der Waals surface area contributed by atoms with Crippen LogP contribution in [-0.4, -0.2) is 37.2 Å². The van der Waals surface area contributed by atoms with Crippen LogP contribution in [0.2, 0.25) is 5.15 Å². The van der Waals surface area contributed by atoms with Crippen molar-refractivity contribution >= 4 is 33.7 Å². The number of aromatic nitrogens is 5.